The highest BCUT2D eigenvalue weighted by Gasteiger charge is 2.16. The lowest BCUT2D eigenvalue weighted by Gasteiger charge is -2.18. The normalized spacial score (nSPS) is 16.1. The van der Waals surface area contributed by atoms with Gasteiger partial charge in [-0.05, 0) is 24.0 Å². The summed E-state index contributed by atoms with van der Waals surface area (Å²) in [6, 6.07) is 10.0. The van der Waals surface area contributed by atoms with E-state index in [9.17, 15) is 4.91 Å². The smallest absolute Gasteiger partial charge is 0.155 e. The molecule has 17 heavy (non-hydrogen) atoms. The Hall–Kier alpha value is -1.90. The molecule has 0 aromatic heterocycles. The zero-order chi connectivity index (χ0) is 11.9. The number of hydrogen-bond acceptors (Lipinski definition) is 3. The Labute approximate surface area is 101 Å². The molecule has 3 nitrogen and oxygen atoms in total. The third kappa shape index (κ3) is 3.03. The van der Waals surface area contributed by atoms with E-state index in [1.54, 1.807) is 0 Å². The summed E-state index contributed by atoms with van der Waals surface area (Å²) in [6.07, 6.45) is 8.59. The molecular weight excluding hydrogens is 214 g/mol. The lowest BCUT2D eigenvalue weighted by Crippen LogP contribution is -2.09. The van der Waals surface area contributed by atoms with Crippen LogP contribution in [-0.2, 0) is 4.84 Å². The molecule has 0 radical (unpaired) electrons. The van der Waals surface area contributed by atoms with E-state index in [1.165, 1.54) is 5.57 Å². The van der Waals surface area contributed by atoms with E-state index < -0.39 is 0 Å². The fraction of sp³-hybridized carbons (Fsp3) is 0.286. The van der Waals surface area contributed by atoms with E-state index in [-0.39, 0.29) is 5.92 Å². The van der Waals surface area contributed by atoms with Gasteiger partial charge in [0.15, 0.2) is 5.34 Å². The third-order valence-electron chi connectivity index (χ3n) is 2.92. The van der Waals surface area contributed by atoms with Gasteiger partial charge in [0, 0.05) is 5.92 Å². The van der Waals surface area contributed by atoms with Gasteiger partial charge in [0.25, 0.3) is 0 Å². The molecule has 1 aliphatic carbocycles. The van der Waals surface area contributed by atoms with E-state index in [1.807, 2.05) is 30.3 Å². The van der Waals surface area contributed by atoms with Gasteiger partial charge in [-0.3, -0.25) is 0 Å². The highest BCUT2D eigenvalue weighted by atomic mass is 16.7. The molecule has 1 aliphatic rings. The highest BCUT2D eigenvalue weighted by Crippen LogP contribution is 2.28. The first kappa shape index (κ1) is 11.6. The number of rotatable bonds is 5. The monoisotopic (exact) mass is 229 g/mol. The van der Waals surface area contributed by atoms with Gasteiger partial charge in [-0.25, -0.2) is 0 Å². The van der Waals surface area contributed by atoms with Crippen LogP contribution >= 0.6 is 0 Å². The Balaban J connectivity index is 2.21. The Kier molecular flexibility index (Phi) is 4.08. The molecule has 88 valence electrons. The Morgan fingerprint density at radius 2 is 2.06 bits per heavy atom. The summed E-state index contributed by atoms with van der Waals surface area (Å²) in [7, 11) is 0. The highest BCUT2D eigenvalue weighted by molar-refractivity contribution is 5.36. The van der Waals surface area contributed by atoms with Crippen molar-refractivity contribution in [3.63, 3.8) is 0 Å². The van der Waals surface area contributed by atoms with E-state index in [2.05, 4.69) is 23.6 Å². The van der Waals surface area contributed by atoms with Crippen LogP contribution in [0, 0.1) is 4.91 Å². The number of hydrogen-bond donors (Lipinski definition) is 0. The molecule has 0 heterocycles. The number of benzene rings is 1. The second-order valence-corrected chi connectivity index (χ2v) is 4.02. The molecule has 0 saturated heterocycles. The quantitative estimate of drug-likeness (QED) is 0.569. The first-order valence-corrected chi connectivity index (χ1v) is 5.78. The first-order chi connectivity index (χ1) is 8.42. The maximum absolute atomic E-state index is 10.1. The van der Waals surface area contributed by atoms with Crippen molar-refractivity contribution in [3.8, 4) is 0 Å². The standard InChI is InChI=1S/C14H15NO2/c16-15-17-11-14(12-7-3-1-4-8-12)13-9-5-2-6-10-13/h1,3-5,7-10,14H,2,6,11H2. The molecule has 1 aromatic carbocycles. The van der Waals surface area contributed by atoms with Gasteiger partial charge < -0.3 is 4.84 Å². The molecule has 0 N–H and O–H groups in total. The van der Waals surface area contributed by atoms with E-state index in [0.29, 0.717) is 6.61 Å². The topological polar surface area (TPSA) is 38.7 Å². The summed E-state index contributed by atoms with van der Waals surface area (Å²) in [4.78, 5) is 14.8. The second-order valence-electron chi connectivity index (χ2n) is 4.02. The van der Waals surface area contributed by atoms with Crippen LogP contribution < -0.4 is 0 Å². The average molecular weight is 229 g/mol. The van der Waals surface area contributed by atoms with Crippen LogP contribution in [0.4, 0.5) is 0 Å². The molecule has 2 rings (SSSR count). The van der Waals surface area contributed by atoms with Crippen molar-refractivity contribution in [3.05, 3.63) is 64.6 Å². The Morgan fingerprint density at radius 3 is 2.71 bits per heavy atom. The minimum Gasteiger partial charge on any atom is -0.363 e. The summed E-state index contributed by atoms with van der Waals surface area (Å²) in [5.41, 5.74) is 2.35. The molecule has 0 amide bonds. The fourth-order valence-electron chi connectivity index (χ4n) is 2.07. The summed E-state index contributed by atoms with van der Waals surface area (Å²) < 4.78 is 0. The minimum atomic E-state index is 0.0884. The molecule has 0 aliphatic heterocycles. The van der Waals surface area contributed by atoms with Gasteiger partial charge in [0.2, 0.25) is 0 Å². The van der Waals surface area contributed by atoms with Crippen molar-refractivity contribution in [2.24, 2.45) is 5.34 Å². The molecule has 3 heteroatoms. The maximum atomic E-state index is 10.1. The zero-order valence-corrected chi connectivity index (χ0v) is 9.58. The van der Waals surface area contributed by atoms with Gasteiger partial charge in [-0.1, -0.05) is 48.6 Å². The number of allylic oxidation sites excluding steroid dienone is 3. The summed E-state index contributed by atoms with van der Waals surface area (Å²) in [5.74, 6) is 0.0884. The summed E-state index contributed by atoms with van der Waals surface area (Å²) >= 11 is 0. The van der Waals surface area contributed by atoms with Crippen LogP contribution in [0.5, 0.6) is 0 Å². The lowest BCUT2D eigenvalue weighted by molar-refractivity contribution is 0.132. The van der Waals surface area contributed by atoms with E-state index in [4.69, 9.17) is 4.84 Å². The van der Waals surface area contributed by atoms with Gasteiger partial charge >= 0.3 is 0 Å². The van der Waals surface area contributed by atoms with Crippen molar-refractivity contribution >= 4 is 0 Å². The predicted octanol–water partition coefficient (Wildman–Crippen LogP) is 3.74. The van der Waals surface area contributed by atoms with Gasteiger partial charge in [0.05, 0.1) is 0 Å². The fourth-order valence-corrected chi connectivity index (χ4v) is 2.07. The largest absolute Gasteiger partial charge is 0.363 e. The molecule has 0 bridgehead atoms. The van der Waals surface area contributed by atoms with Crippen molar-refractivity contribution in [2.75, 3.05) is 6.61 Å². The Morgan fingerprint density at radius 1 is 1.24 bits per heavy atom. The number of nitrogens with zero attached hydrogens (tertiary/aromatic N) is 1. The van der Waals surface area contributed by atoms with E-state index in [0.717, 1.165) is 18.4 Å². The van der Waals surface area contributed by atoms with Crippen LogP contribution in [0.1, 0.15) is 24.3 Å². The lowest BCUT2D eigenvalue weighted by atomic mass is 9.89. The van der Waals surface area contributed by atoms with Gasteiger partial charge in [-0.2, -0.15) is 0 Å². The van der Waals surface area contributed by atoms with Gasteiger partial charge in [0.1, 0.15) is 6.61 Å². The predicted molar refractivity (Wildman–Crippen MR) is 67.4 cm³/mol. The van der Waals surface area contributed by atoms with Crippen LogP contribution in [0.3, 0.4) is 0 Å². The van der Waals surface area contributed by atoms with Crippen molar-refractivity contribution in [1.82, 2.24) is 0 Å². The van der Waals surface area contributed by atoms with E-state index >= 15 is 0 Å². The molecule has 0 spiro atoms. The first-order valence-electron chi connectivity index (χ1n) is 5.78. The van der Waals surface area contributed by atoms with Crippen LogP contribution in [0.25, 0.3) is 0 Å². The third-order valence-corrected chi connectivity index (χ3v) is 2.92. The molecular formula is C14H15NO2. The van der Waals surface area contributed by atoms with Crippen LogP contribution in [0.15, 0.2) is 59.5 Å². The van der Waals surface area contributed by atoms with Crippen molar-refractivity contribution < 1.29 is 4.84 Å². The average Bonchev–Trinajstić information content (AvgIpc) is 2.42. The van der Waals surface area contributed by atoms with Crippen LogP contribution in [-0.4, -0.2) is 6.61 Å². The van der Waals surface area contributed by atoms with Crippen LogP contribution in [0.2, 0.25) is 0 Å². The SMILES string of the molecule is O=NOCC(C1=CCCC=C1)c1ccccc1. The summed E-state index contributed by atoms with van der Waals surface area (Å²) in [5, 5.41) is 2.49. The molecule has 1 unspecified atom stereocenters. The van der Waals surface area contributed by atoms with Gasteiger partial charge in [-0.15, -0.1) is 4.91 Å². The van der Waals surface area contributed by atoms with Crippen molar-refractivity contribution in [2.45, 2.75) is 18.8 Å². The Bertz CT molecular complexity index is 423. The van der Waals surface area contributed by atoms with Crippen molar-refractivity contribution in [1.29, 1.82) is 0 Å². The maximum Gasteiger partial charge on any atom is 0.155 e. The molecule has 0 saturated carbocycles. The summed E-state index contributed by atoms with van der Waals surface area (Å²) in [6.45, 7) is 0.295. The minimum absolute atomic E-state index is 0.0884. The zero-order valence-electron chi connectivity index (χ0n) is 9.58. The molecule has 1 atom stereocenters. The second kappa shape index (κ2) is 5.99. The molecule has 0 fully saturated rings. The molecule has 1 aromatic rings.